The minimum atomic E-state index is -1.04. The highest BCUT2D eigenvalue weighted by molar-refractivity contribution is 5.98. The molecule has 0 aliphatic carbocycles. The Morgan fingerprint density at radius 2 is 1.97 bits per heavy atom. The molecule has 0 radical (unpaired) electrons. The first-order chi connectivity index (χ1) is 15.9. The number of likely N-dealkylation sites (tertiary alicyclic amines) is 1. The second-order valence-electron chi connectivity index (χ2n) is 9.25. The zero-order chi connectivity index (χ0) is 23.6. The molecule has 3 saturated heterocycles. The van der Waals surface area contributed by atoms with E-state index in [0.717, 1.165) is 5.56 Å². The quantitative estimate of drug-likeness (QED) is 0.409. The molecule has 180 valence electrons. The molecule has 2 unspecified atom stereocenters. The lowest BCUT2D eigenvalue weighted by atomic mass is 9.65. The minimum Gasteiger partial charge on any atom is -0.466 e. The third-order valence-corrected chi connectivity index (χ3v) is 7.59. The summed E-state index contributed by atoms with van der Waals surface area (Å²) < 4.78 is 12.0. The van der Waals surface area contributed by atoms with Crippen LogP contribution >= 0.6 is 0 Å². The number of hydrogen-bond acceptors (Lipinski definition) is 6. The van der Waals surface area contributed by atoms with E-state index in [9.17, 15) is 19.5 Å². The summed E-state index contributed by atoms with van der Waals surface area (Å²) in [6.45, 7) is 4.62. The number of esters is 1. The van der Waals surface area contributed by atoms with Crippen LogP contribution in [0.3, 0.4) is 0 Å². The second-order valence-corrected chi connectivity index (χ2v) is 9.25. The summed E-state index contributed by atoms with van der Waals surface area (Å²) in [6, 6.07) is 8.78. The van der Waals surface area contributed by atoms with Crippen molar-refractivity contribution in [3.63, 3.8) is 0 Å². The lowest BCUT2D eigenvalue weighted by molar-refractivity contribution is -0.160. The van der Waals surface area contributed by atoms with E-state index in [2.05, 4.69) is 5.32 Å². The fraction of sp³-hybridized carbons (Fsp3) is 0.640. The van der Waals surface area contributed by atoms with Crippen molar-refractivity contribution < 1.29 is 29.0 Å². The maximum Gasteiger partial charge on any atom is 0.312 e. The molecule has 2 amide bonds. The Morgan fingerprint density at radius 1 is 1.21 bits per heavy atom. The number of fused-ring (bicyclic) bond motifs is 1. The molecular formula is C25H34N2O6. The van der Waals surface area contributed by atoms with Gasteiger partial charge in [0.15, 0.2) is 0 Å². The molecule has 1 aromatic rings. The summed E-state index contributed by atoms with van der Waals surface area (Å²) in [5.41, 5.74) is -0.853. The van der Waals surface area contributed by atoms with Gasteiger partial charge in [-0.2, -0.15) is 0 Å². The topological polar surface area (TPSA) is 105 Å². The monoisotopic (exact) mass is 458 g/mol. The first-order valence-electron chi connectivity index (χ1n) is 12.0. The molecule has 3 aliphatic heterocycles. The molecule has 1 aromatic carbocycles. The van der Waals surface area contributed by atoms with Crippen molar-refractivity contribution >= 4 is 17.8 Å². The third-order valence-electron chi connectivity index (χ3n) is 7.59. The van der Waals surface area contributed by atoms with Crippen LogP contribution in [-0.4, -0.2) is 64.8 Å². The molecule has 2 bridgehead atoms. The zero-order valence-electron chi connectivity index (χ0n) is 19.4. The molecule has 2 N–H and O–H groups in total. The van der Waals surface area contributed by atoms with Crippen LogP contribution in [-0.2, 0) is 30.4 Å². The summed E-state index contributed by atoms with van der Waals surface area (Å²) in [6.07, 6.45) is 2.83. The molecule has 8 nitrogen and oxygen atoms in total. The van der Waals surface area contributed by atoms with Crippen molar-refractivity contribution in [1.29, 1.82) is 0 Å². The van der Waals surface area contributed by atoms with E-state index in [-0.39, 0.29) is 25.0 Å². The van der Waals surface area contributed by atoms with E-state index < -0.39 is 35.0 Å². The van der Waals surface area contributed by atoms with Crippen LogP contribution in [0.1, 0.15) is 51.5 Å². The highest BCUT2D eigenvalue weighted by Crippen LogP contribution is 2.64. The van der Waals surface area contributed by atoms with Crippen LogP contribution in [0.5, 0.6) is 0 Å². The van der Waals surface area contributed by atoms with E-state index in [4.69, 9.17) is 9.47 Å². The fourth-order valence-corrected chi connectivity index (χ4v) is 6.13. The summed E-state index contributed by atoms with van der Waals surface area (Å²) in [5, 5.41) is 12.2. The molecule has 0 aromatic heterocycles. The minimum absolute atomic E-state index is 0.0162. The van der Waals surface area contributed by atoms with Gasteiger partial charge in [0.2, 0.25) is 11.8 Å². The number of benzene rings is 1. The van der Waals surface area contributed by atoms with Gasteiger partial charge >= 0.3 is 5.97 Å². The molecule has 8 heteroatoms. The number of rotatable bonds is 10. The Balaban J connectivity index is 1.66. The van der Waals surface area contributed by atoms with Crippen molar-refractivity contribution in [3.05, 3.63) is 35.9 Å². The van der Waals surface area contributed by atoms with Crippen LogP contribution < -0.4 is 5.32 Å². The van der Waals surface area contributed by atoms with E-state index in [1.807, 2.05) is 37.3 Å². The highest BCUT2D eigenvalue weighted by atomic mass is 16.6. The number of ether oxygens (including phenoxy) is 2. The first-order valence-corrected chi connectivity index (χ1v) is 12.0. The van der Waals surface area contributed by atoms with Gasteiger partial charge in [-0.25, -0.2) is 0 Å². The Bertz CT molecular complexity index is 892. The highest BCUT2D eigenvalue weighted by Gasteiger charge is 2.78. The van der Waals surface area contributed by atoms with Gasteiger partial charge in [-0.3, -0.25) is 14.4 Å². The molecule has 3 heterocycles. The van der Waals surface area contributed by atoms with E-state index in [0.29, 0.717) is 45.2 Å². The standard InChI is InChI=1S/C25H34N2O6/c1-3-24-12-13-25(33-24)18(19(24)23(31)32-4-2)22(30)27(14-8-9-15-28)20(25)21(29)26-16-17-10-6-5-7-11-17/h5-7,10-11,18-20,28H,3-4,8-9,12-16H2,1-2H3,(H,26,29)/t18-,19+,20?,24-,25?/m0/s1. The Hall–Kier alpha value is -2.45. The number of unbranched alkanes of at least 4 members (excludes halogenated alkanes) is 1. The van der Waals surface area contributed by atoms with Crippen molar-refractivity contribution in [2.45, 2.75) is 69.7 Å². The second kappa shape index (κ2) is 9.43. The van der Waals surface area contributed by atoms with Crippen LogP contribution in [0.4, 0.5) is 0 Å². The van der Waals surface area contributed by atoms with Gasteiger partial charge in [0.25, 0.3) is 0 Å². The SMILES string of the molecule is CCOC(=O)[C@H]1[C@H]2C(=O)N(CCCCO)C(C(=O)NCc3ccccc3)C23CC[C@]1(CC)O3. The Labute approximate surface area is 194 Å². The van der Waals surface area contributed by atoms with E-state index in [1.54, 1.807) is 11.8 Å². The van der Waals surface area contributed by atoms with Crippen LogP contribution in [0, 0.1) is 11.8 Å². The summed E-state index contributed by atoms with van der Waals surface area (Å²) in [7, 11) is 0. The van der Waals surface area contributed by atoms with Crippen LogP contribution in [0.15, 0.2) is 30.3 Å². The largest absolute Gasteiger partial charge is 0.466 e. The zero-order valence-corrected chi connectivity index (χ0v) is 19.4. The van der Waals surface area contributed by atoms with Crippen molar-refractivity contribution in [2.75, 3.05) is 19.8 Å². The maximum absolute atomic E-state index is 13.7. The number of nitrogens with zero attached hydrogens (tertiary/aromatic N) is 1. The Morgan fingerprint density at radius 3 is 2.64 bits per heavy atom. The first kappa shape index (κ1) is 23.7. The molecule has 3 aliphatic rings. The number of amides is 2. The maximum atomic E-state index is 13.7. The molecular weight excluding hydrogens is 424 g/mol. The van der Waals surface area contributed by atoms with Gasteiger partial charge in [0.05, 0.1) is 18.1 Å². The van der Waals surface area contributed by atoms with Gasteiger partial charge in [0.1, 0.15) is 17.6 Å². The third kappa shape index (κ3) is 3.83. The number of hydrogen-bond donors (Lipinski definition) is 2. The number of aliphatic hydroxyl groups is 1. The van der Waals surface area contributed by atoms with Gasteiger partial charge < -0.3 is 24.8 Å². The average Bonchev–Trinajstić information content (AvgIpc) is 3.42. The lowest BCUT2D eigenvalue weighted by Gasteiger charge is -2.33. The average molecular weight is 459 g/mol. The predicted octanol–water partition coefficient (Wildman–Crippen LogP) is 1.79. The molecule has 4 rings (SSSR count). The summed E-state index contributed by atoms with van der Waals surface area (Å²) >= 11 is 0. The number of carbonyl (C=O) groups is 3. The predicted molar refractivity (Wildman–Crippen MR) is 120 cm³/mol. The van der Waals surface area contributed by atoms with Gasteiger partial charge in [-0.15, -0.1) is 0 Å². The Kier molecular flexibility index (Phi) is 6.77. The van der Waals surface area contributed by atoms with Crippen molar-refractivity contribution in [2.24, 2.45) is 11.8 Å². The fourth-order valence-electron chi connectivity index (χ4n) is 6.13. The normalized spacial score (nSPS) is 32.2. The van der Waals surface area contributed by atoms with Crippen LogP contribution in [0.2, 0.25) is 0 Å². The molecule has 5 atom stereocenters. The number of nitrogens with one attached hydrogen (secondary N) is 1. The van der Waals surface area contributed by atoms with E-state index in [1.165, 1.54) is 0 Å². The van der Waals surface area contributed by atoms with Crippen LogP contribution in [0.25, 0.3) is 0 Å². The number of carbonyl (C=O) groups excluding carboxylic acids is 3. The van der Waals surface area contributed by atoms with Crippen molar-refractivity contribution in [1.82, 2.24) is 10.2 Å². The van der Waals surface area contributed by atoms with Gasteiger partial charge in [0, 0.05) is 19.7 Å². The molecule has 3 fully saturated rings. The lowest BCUT2D eigenvalue weighted by Crippen LogP contribution is -2.55. The molecule has 0 saturated carbocycles. The number of aliphatic hydroxyl groups excluding tert-OH is 1. The van der Waals surface area contributed by atoms with Gasteiger partial charge in [-0.1, -0.05) is 37.3 Å². The molecule has 33 heavy (non-hydrogen) atoms. The smallest absolute Gasteiger partial charge is 0.312 e. The summed E-state index contributed by atoms with van der Waals surface area (Å²) in [4.78, 5) is 41.9. The van der Waals surface area contributed by atoms with Gasteiger partial charge in [-0.05, 0) is 44.6 Å². The van der Waals surface area contributed by atoms with Crippen molar-refractivity contribution in [3.8, 4) is 0 Å². The molecule has 1 spiro atoms. The summed E-state index contributed by atoms with van der Waals surface area (Å²) in [5.74, 6) is -2.35. The van der Waals surface area contributed by atoms with E-state index >= 15 is 0 Å².